The number of likely N-dealkylation sites (N-methyl/N-ethyl adjacent to an activating group) is 1. The SMILES string of the molecule is Cc1cccc(Oc2c(C(F)(F)F)oc3c(CN4CCN(C)CC4)c(O)ccc3c2=O)c1. The number of phenols is 1. The molecule has 0 saturated carbocycles. The van der Waals surface area contributed by atoms with E-state index in [0.717, 1.165) is 18.7 Å². The summed E-state index contributed by atoms with van der Waals surface area (Å²) in [4.78, 5) is 17.2. The van der Waals surface area contributed by atoms with Gasteiger partial charge in [0.05, 0.1) is 10.9 Å². The zero-order chi connectivity index (χ0) is 23.0. The van der Waals surface area contributed by atoms with E-state index in [1.807, 2.05) is 11.9 Å². The van der Waals surface area contributed by atoms with Gasteiger partial charge in [0, 0.05) is 32.7 Å². The molecular weight excluding hydrogens is 425 g/mol. The topological polar surface area (TPSA) is 66.2 Å². The first-order valence-electron chi connectivity index (χ1n) is 10.2. The highest BCUT2D eigenvalue weighted by molar-refractivity contribution is 5.83. The van der Waals surface area contributed by atoms with E-state index in [1.165, 1.54) is 24.3 Å². The Bertz CT molecular complexity index is 1200. The number of phenolic OH excluding ortho intramolecular Hbond substituents is 1. The third-order valence-electron chi connectivity index (χ3n) is 5.54. The molecule has 1 aliphatic rings. The van der Waals surface area contributed by atoms with Crippen LogP contribution in [0.4, 0.5) is 13.2 Å². The highest BCUT2D eigenvalue weighted by atomic mass is 19.4. The first-order chi connectivity index (χ1) is 15.1. The van der Waals surface area contributed by atoms with Gasteiger partial charge in [-0.05, 0) is 43.8 Å². The Balaban J connectivity index is 1.85. The fourth-order valence-corrected chi connectivity index (χ4v) is 3.75. The molecule has 0 radical (unpaired) electrons. The molecule has 170 valence electrons. The van der Waals surface area contributed by atoms with Crippen molar-refractivity contribution in [2.75, 3.05) is 33.2 Å². The lowest BCUT2D eigenvalue weighted by Gasteiger charge is -2.32. The van der Waals surface area contributed by atoms with Crippen molar-refractivity contribution in [3.63, 3.8) is 0 Å². The minimum atomic E-state index is -4.97. The van der Waals surface area contributed by atoms with Crippen molar-refractivity contribution in [1.82, 2.24) is 9.80 Å². The van der Waals surface area contributed by atoms with Crippen molar-refractivity contribution < 1.29 is 27.4 Å². The van der Waals surface area contributed by atoms with Crippen molar-refractivity contribution in [2.24, 2.45) is 0 Å². The predicted molar refractivity (Wildman–Crippen MR) is 113 cm³/mol. The largest absolute Gasteiger partial charge is 0.507 e. The maximum absolute atomic E-state index is 13.9. The molecule has 2 aromatic carbocycles. The van der Waals surface area contributed by atoms with E-state index in [1.54, 1.807) is 19.1 Å². The zero-order valence-corrected chi connectivity index (χ0v) is 17.7. The van der Waals surface area contributed by atoms with Gasteiger partial charge in [0.1, 0.15) is 17.1 Å². The summed E-state index contributed by atoms with van der Waals surface area (Å²) in [5.41, 5.74) is -0.310. The van der Waals surface area contributed by atoms with Gasteiger partial charge in [0.25, 0.3) is 5.76 Å². The molecule has 0 bridgehead atoms. The average molecular weight is 448 g/mol. The van der Waals surface area contributed by atoms with E-state index < -0.39 is 23.1 Å². The van der Waals surface area contributed by atoms with E-state index >= 15 is 0 Å². The Hall–Kier alpha value is -3.04. The third kappa shape index (κ3) is 4.44. The fourth-order valence-electron chi connectivity index (χ4n) is 3.75. The van der Waals surface area contributed by atoms with Gasteiger partial charge >= 0.3 is 6.18 Å². The summed E-state index contributed by atoms with van der Waals surface area (Å²) in [6.07, 6.45) is -4.97. The van der Waals surface area contributed by atoms with Crippen LogP contribution in [0.15, 0.2) is 45.6 Å². The molecular formula is C23H23F3N2O4. The second-order valence-electron chi connectivity index (χ2n) is 8.03. The van der Waals surface area contributed by atoms with E-state index in [-0.39, 0.29) is 34.6 Å². The molecule has 32 heavy (non-hydrogen) atoms. The number of ether oxygens (including phenoxy) is 1. The molecule has 9 heteroatoms. The number of halogens is 3. The van der Waals surface area contributed by atoms with Crippen LogP contribution in [0.25, 0.3) is 11.0 Å². The van der Waals surface area contributed by atoms with Gasteiger partial charge in [0.2, 0.25) is 11.2 Å². The first kappa shape index (κ1) is 22.2. The lowest BCUT2D eigenvalue weighted by atomic mass is 10.1. The van der Waals surface area contributed by atoms with Gasteiger partial charge in [-0.2, -0.15) is 13.2 Å². The molecule has 0 atom stereocenters. The molecule has 4 rings (SSSR count). The Morgan fingerprint density at radius 1 is 1.12 bits per heavy atom. The summed E-state index contributed by atoms with van der Waals surface area (Å²) >= 11 is 0. The number of benzene rings is 2. The van der Waals surface area contributed by atoms with E-state index in [0.29, 0.717) is 13.1 Å². The van der Waals surface area contributed by atoms with Crippen LogP contribution < -0.4 is 10.2 Å². The van der Waals surface area contributed by atoms with Gasteiger partial charge in [-0.3, -0.25) is 9.69 Å². The number of aryl methyl sites for hydroxylation is 1. The number of rotatable bonds is 4. The highest BCUT2D eigenvalue weighted by Gasteiger charge is 2.41. The number of nitrogens with zero attached hydrogens (tertiary/aromatic N) is 2. The molecule has 0 unspecified atom stereocenters. The van der Waals surface area contributed by atoms with Gasteiger partial charge < -0.3 is 19.2 Å². The van der Waals surface area contributed by atoms with Crippen molar-refractivity contribution in [3.05, 3.63) is 63.5 Å². The summed E-state index contributed by atoms with van der Waals surface area (Å²) in [5, 5.41) is 10.3. The second-order valence-corrected chi connectivity index (χ2v) is 8.03. The van der Waals surface area contributed by atoms with Gasteiger partial charge in [0.15, 0.2) is 0 Å². The lowest BCUT2D eigenvalue weighted by molar-refractivity contribution is -0.154. The van der Waals surface area contributed by atoms with Crippen molar-refractivity contribution in [1.29, 1.82) is 0 Å². The Kier molecular flexibility index (Phi) is 5.87. The molecule has 0 aliphatic carbocycles. The van der Waals surface area contributed by atoms with Crippen molar-refractivity contribution >= 4 is 11.0 Å². The molecule has 1 saturated heterocycles. The fraction of sp³-hybridized carbons (Fsp3) is 0.348. The van der Waals surface area contributed by atoms with Gasteiger partial charge in [-0.25, -0.2) is 0 Å². The molecule has 1 N–H and O–H groups in total. The number of fused-ring (bicyclic) bond motifs is 1. The maximum Gasteiger partial charge on any atom is 0.453 e. The van der Waals surface area contributed by atoms with Crippen LogP contribution in [0, 0.1) is 6.92 Å². The minimum Gasteiger partial charge on any atom is -0.507 e. The van der Waals surface area contributed by atoms with Crippen LogP contribution in [0.3, 0.4) is 0 Å². The minimum absolute atomic E-state index is 0.0809. The summed E-state index contributed by atoms with van der Waals surface area (Å²) in [6.45, 7) is 4.85. The lowest BCUT2D eigenvalue weighted by Crippen LogP contribution is -2.43. The Labute approximate surface area is 182 Å². The molecule has 1 aromatic heterocycles. The molecule has 3 aromatic rings. The maximum atomic E-state index is 13.9. The average Bonchev–Trinajstić information content (AvgIpc) is 2.72. The monoisotopic (exact) mass is 448 g/mol. The summed E-state index contributed by atoms with van der Waals surface area (Å²) in [6, 6.07) is 8.92. The summed E-state index contributed by atoms with van der Waals surface area (Å²) in [5.74, 6) is -2.58. The van der Waals surface area contributed by atoms with Crippen molar-refractivity contribution in [3.8, 4) is 17.2 Å². The number of hydrogen-bond acceptors (Lipinski definition) is 6. The molecule has 0 spiro atoms. The molecule has 0 amide bonds. The standard InChI is InChI=1S/C23H23F3N2O4/c1-14-4-3-5-15(12-14)31-21-19(30)16-6-7-18(29)17(13-28-10-8-27(2)9-11-28)20(16)32-22(21)23(24,25)26/h3-7,12,29H,8-11,13H2,1-2H3. The predicted octanol–water partition coefficient (Wildman–Crippen LogP) is 4.37. The van der Waals surface area contributed by atoms with Crippen LogP contribution in [0.1, 0.15) is 16.9 Å². The Morgan fingerprint density at radius 3 is 2.50 bits per heavy atom. The smallest absolute Gasteiger partial charge is 0.453 e. The van der Waals surface area contributed by atoms with E-state index in [9.17, 15) is 23.1 Å². The van der Waals surface area contributed by atoms with Crippen LogP contribution >= 0.6 is 0 Å². The van der Waals surface area contributed by atoms with Crippen molar-refractivity contribution in [2.45, 2.75) is 19.6 Å². The van der Waals surface area contributed by atoms with Gasteiger partial charge in [-0.15, -0.1) is 0 Å². The van der Waals surface area contributed by atoms with Crippen LogP contribution in [-0.4, -0.2) is 48.1 Å². The van der Waals surface area contributed by atoms with Gasteiger partial charge in [-0.1, -0.05) is 12.1 Å². The number of alkyl halides is 3. The normalized spacial score (nSPS) is 15.9. The molecule has 1 fully saturated rings. The number of piperazine rings is 1. The van der Waals surface area contributed by atoms with Crippen LogP contribution in [0.5, 0.6) is 17.2 Å². The quantitative estimate of drug-likeness (QED) is 0.640. The zero-order valence-electron chi connectivity index (χ0n) is 17.7. The molecule has 1 aliphatic heterocycles. The summed E-state index contributed by atoms with van der Waals surface area (Å²) < 4.78 is 52.3. The van der Waals surface area contributed by atoms with Crippen LogP contribution in [0.2, 0.25) is 0 Å². The Morgan fingerprint density at radius 2 is 1.84 bits per heavy atom. The number of hydrogen-bond donors (Lipinski definition) is 1. The second kappa shape index (κ2) is 8.48. The number of aromatic hydroxyl groups is 1. The molecule has 2 heterocycles. The molecule has 6 nitrogen and oxygen atoms in total. The summed E-state index contributed by atoms with van der Waals surface area (Å²) in [7, 11) is 1.98. The van der Waals surface area contributed by atoms with Crippen LogP contribution in [-0.2, 0) is 12.7 Å². The van der Waals surface area contributed by atoms with E-state index in [2.05, 4.69) is 4.90 Å². The van der Waals surface area contributed by atoms with E-state index in [4.69, 9.17) is 9.15 Å². The first-order valence-corrected chi connectivity index (χ1v) is 10.2. The third-order valence-corrected chi connectivity index (χ3v) is 5.54. The highest BCUT2D eigenvalue weighted by Crippen LogP contribution is 2.40.